The van der Waals surface area contributed by atoms with E-state index < -0.39 is 51.7 Å². The van der Waals surface area contributed by atoms with E-state index in [0.717, 1.165) is 6.26 Å². The fraction of sp³-hybridized carbons (Fsp3) is 0.714. The van der Waals surface area contributed by atoms with E-state index in [1.165, 1.54) is 10.8 Å². The van der Waals surface area contributed by atoms with Crippen molar-refractivity contribution < 1.29 is 26.8 Å². The lowest BCUT2D eigenvalue weighted by Crippen LogP contribution is -2.38. The Kier molecular flexibility index (Phi) is 4.40. The molecule has 0 radical (unpaired) electrons. The highest BCUT2D eigenvalue weighted by molar-refractivity contribution is 7.85. The number of ether oxygens (including phenoxy) is 3. The molecule has 3 heterocycles. The lowest BCUT2D eigenvalue weighted by Gasteiger charge is -2.24. The van der Waals surface area contributed by atoms with Crippen molar-refractivity contribution in [2.45, 2.75) is 51.1 Å². The molecule has 0 amide bonds. The Bertz CT molecular complexity index is 887. The van der Waals surface area contributed by atoms with Gasteiger partial charge in [0, 0.05) is 11.8 Å². The molecule has 1 N–H and O–H groups in total. The Morgan fingerprint density at radius 2 is 1.92 bits per heavy atom. The Balaban J connectivity index is 1.94. The number of fused-ring (bicyclic) bond motifs is 1. The van der Waals surface area contributed by atoms with Crippen LogP contribution in [0.15, 0.2) is 15.8 Å². The molecule has 11 heteroatoms. The maximum Gasteiger partial charge on any atom is 0.330 e. The van der Waals surface area contributed by atoms with E-state index in [-0.39, 0.29) is 6.61 Å². The molecule has 0 saturated carbocycles. The first kappa shape index (κ1) is 18.3. The van der Waals surface area contributed by atoms with Crippen molar-refractivity contribution in [1.29, 1.82) is 0 Å². The van der Waals surface area contributed by atoms with Gasteiger partial charge in [-0.3, -0.25) is 18.5 Å². The Morgan fingerprint density at radius 1 is 1.28 bits per heavy atom. The fourth-order valence-electron chi connectivity index (χ4n) is 2.98. The zero-order chi connectivity index (χ0) is 18.6. The summed E-state index contributed by atoms with van der Waals surface area (Å²) < 4.78 is 45.9. The van der Waals surface area contributed by atoms with Crippen molar-refractivity contribution in [2.24, 2.45) is 0 Å². The predicted molar refractivity (Wildman–Crippen MR) is 84.6 cm³/mol. The molecule has 2 aliphatic heterocycles. The van der Waals surface area contributed by atoms with Gasteiger partial charge in [-0.1, -0.05) is 0 Å². The van der Waals surface area contributed by atoms with Gasteiger partial charge in [0.05, 0.1) is 12.9 Å². The summed E-state index contributed by atoms with van der Waals surface area (Å²) in [6.07, 6.45) is -0.624. The fourth-order valence-corrected chi connectivity index (χ4v) is 3.36. The SMILES string of the molecule is Cc1cn([C@@H]2O[C@H](COS(C)(=O)=O)[C@H]3OC(C)(C)O[C@H]32)c(=O)[nH]c1=O. The van der Waals surface area contributed by atoms with Gasteiger partial charge in [0.1, 0.15) is 18.3 Å². The first-order valence-electron chi connectivity index (χ1n) is 7.64. The van der Waals surface area contributed by atoms with E-state index in [9.17, 15) is 18.0 Å². The van der Waals surface area contributed by atoms with Gasteiger partial charge in [0.25, 0.3) is 15.7 Å². The molecule has 0 aromatic carbocycles. The number of nitrogens with one attached hydrogen (secondary N) is 1. The Hall–Kier alpha value is -1.53. The van der Waals surface area contributed by atoms with E-state index in [4.69, 9.17) is 18.4 Å². The summed E-state index contributed by atoms with van der Waals surface area (Å²) >= 11 is 0. The molecule has 0 bridgehead atoms. The zero-order valence-corrected chi connectivity index (χ0v) is 15.0. The lowest BCUT2D eigenvalue weighted by molar-refractivity contribution is -0.199. The molecule has 2 saturated heterocycles. The van der Waals surface area contributed by atoms with Crippen molar-refractivity contribution in [1.82, 2.24) is 9.55 Å². The van der Waals surface area contributed by atoms with Gasteiger partial charge in [-0.2, -0.15) is 8.42 Å². The Morgan fingerprint density at radius 3 is 2.56 bits per heavy atom. The standard InChI is InChI=1S/C14H20N2O8S/c1-7-5-16(13(18)15-11(7)17)12-10-9(23-14(2,3)24-10)8(22-12)6-21-25(4,19)20/h5,8-10,12H,6H2,1-4H3,(H,15,17,18)/t8-,9-,10-,12-/m1/s1. The third-order valence-corrected chi connectivity index (χ3v) is 4.56. The minimum Gasteiger partial charge on any atom is -0.346 e. The summed E-state index contributed by atoms with van der Waals surface area (Å²) in [6, 6.07) is 0. The summed E-state index contributed by atoms with van der Waals surface area (Å²) in [5.74, 6) is -0.929. The molecule has 25 heavy (non-hydrogen) atoms. The number of aryl methyl sites for hydroxylation is 1. The number of rotatable bonds is 4. The summed E-state index contributed by atoms with van der Waals surface area (Å²) in [5.41, 5.74) is -0.817. The van der Waals surface area contributed by atoms with Gasteiger partial charge in [0.2, 0.25) is 0 Å². The molecule has 3 rings (SSSR count). The molecular weight excluding hydrogens is 356 g/mol. The molecule has 1 aromatic rings. The summed E-state index contributed by atoms with van der Waals surface area (Å²) in [6.45, 7) is 4.70. The molecule has 2 aliphatic rings. The lowest BCUT2D eigenvalue weighted by atomic mass is 10.1. The van der Waals surface area contributed by atoms with Crippen LogP contribution in [0.1, 0.15) is 25.6 Å². The number of hydrogen-bond donors (Lipinski definition) is 1. The van der Waals surface area contributed by atoms with Crippen LogP contribution in [0.4, 0.5) is 0 Å². The highest BCUT2D eigenvalue weighted by atomic mass is 32.2. The van der Waals surface area contributed by atoms with Gasteiger partial charge in [-0.25, -0.2) is 4.79 Å². The first-order valence-corrected chi connectivity index (χ1v) is 9.46. The predicted octanol–water partition coefficient (Wildman–Crippen LogP) is -0.761. The molecular formula is C14H20N2O8S. The molecule has 1 aromatic heterocycles. The number of aromatic nitrogens is 2. The van der Waals surface area contributed by atoms with Crippen LogP contribution >= 0.6 is 0 Å². The highest BCUT2D eigenvalue weighted by Gasteiger charge is 2.56. The second-order valence-electron chi connectivity index (χ2n) is 6.60. The zero-order valence-electron chi connectivity index (χ0n) is 14.2. The third-order valence-electron chi connectivity index (χ3n) is 3.99. The van der Waals surface area contributed by atoms with E-state index in [2.05, 4.69) is 4.98 Å². The van der Waals surface area contributed by atoms with Crippen LogP contribution in [0.25, 0.3) is 0 Å². The molecule has 0 unspecified atom stereocenters. The minimum absolute atomic E-state index is 0.271. The van der Waals surface area contributed by atoms with E-state index in [1.807, 2.05) is 0 Å². The van der Waals surface area contributed by atoms with Crippen LogP contribution in [-0.4, -0.2) is 54.9 Å². The average Bonchev–Trinajstić information content (AvgIpc) is 2.93. The average molecular weight is 376 g/mol. The molecule has 140 valence electrons. The second kappa shape index (κ2) is 6.02. The summed E-state index contributed by atoms with van der Waals surface area (Å²) in [4.78, 5) is 25.9. The van der Waals surface area contributed by atoms with Gasteiger partial charge in [-0.05, 0) is 20.8 Å². The quantitative estimate of drug-likeness (QED) is 0.680. The number of hydrogen-bond acceptors (Lipinski definition) is 8. The minimum atomic E-state index is -3.66. The normalized spacial score (nSPS) is 31.2. The van der Waals surface area contributed by atoms with Crippen LogP contribution in [0.2, 0.25) is 0 Å². The molecule has 0 aliphatic carbocycles. The molecule has 2 fully saturated rings. The topological polar surface area (TPSA) is 126 Å². The van der Waals surface area contributed by atoms with Crippen LogP contribution in [0.5, 0.6) is 0 Å². The summed E-state index contributed by atoms with van der Waals surface area (Å²) in [7, 11) is -3.66. The monoisotopic (exact) mass is 376 g/mol. The van der Waals surface area contributed by atoms with Gasteiger partial charge in [-0.15, -0.1) is 0 Å². The maximum atomic E-state index is 12.2. The van der Waals surface area contributed by atoms with E-state index in [0.29, 0.717) is 5.56 Å². The van der Waals surface area contributed by atoms with Crippen molar-refractivity contribution in [2.75, 3.05) is 12.9 Å². The number of nitrogens with zero attached hydrogens (tertiary/aromatic N) is 1. The molecule has 10 nitrogen and oxygen atoms in total. The second-order valence-corrected chi connectivity index (χ2v) is 8.24. The van der Waals surface area contributed by atoms with Crippen LogP contribution < -0.4 is 11.2 Å². The van der Waals surface area contributed by atoms with Gasteiger partial charge in [0.15, 0.2) is 12.0 Å². The Labute approximate surface area is 143 Å². The highest BCUT2D eigenvalue weighted by Crippen LogP contribution is 2.42. The van der Waals surface area contributed by atoms with Crippen molar-refractivity contribution in [3.05, 3.63) is 32.6 Å². The molecule has 0 spiro atoms. The number of H-pyrrole nitrogens is 1. The van der Waals surface area contributed by atoms with Crippen LogP contribution in [0, 0.1) is 6.92 Å². The van der Waals surface area contributed by atoms with E-state index >= 15 is 0 Å². The first-order chi connectivity index (χ1) is 11.5. The summed E-state index contributed by atoms with van der Waals surface area (Å²) in [5, 5.41) is 0. The van der Waals surface area contributed by atoms with Crippen LogP contribution in [-0.2, 0) is 28.5 Å². The van der Waals surface area contributed by atoms with Gasteiger partial charge < -0.3 is 14.2 Å². The molecule has 4 atom stereocenters. The third kappa shape index (κ3) is 3.70. The largest absolute Gasteiger partial charge is 0.346 e. The van der Waals surface area contributed by atoms with Gasteiger partial charge >= 0.3 is 5.69 Å². The van der Waals surface area contributed by atoms with E-state index in [1.54, 1.807) is 20.8 Å². The van der Waals surface area contributed by atoms with Crippen molar-refractivity contribution in [3.8, 4) is 0 Å². The van der Waals surface area contributed by atoms with Crippen molar-refractivity contribution >= 4 is 10.1 Å². The van der Waals surface area contributed by atoms with Crippen LogP contribution in [0.3, 0.4) is 0 Å². The maximum absolute atomic E-state index is 12.2. The smallest absolute Gasteiger partial charge is 0.330 e. The van der Waals surface area contributed by atoms with Crippen molar-refractivity contribution in [3.63, 3.8) is 0 Å². The number of aromatic amines is 1.